The fraction of sp³-hybridized carbons (Fsp3) is 0.167. The van der Waals surface area contributed by atoms with Crippen molar-refractivity contribution in [3.05, 3.63) is 52.5 Å². The lowest BCUT2D eigenvalue weighted by Crippen LogP contribution is -2.08. The maximum atomic E-state index is 4.74. The number of thiazole rings is 1. The summed E-state index contributed by atoms with van der Waals surface area (Å²) in [6.45, 7) is 2.17. The number of hydrogen-bond acceptors (Lipinski definition) is 6. The minimum Gasteiger partial charge on any atom is -0.295 e. The number of aryl methyl sites for hydroxylation is 1. The van der Waals surface area contributed by atoms with Gasteiger partial charge in [0.15, 0.2) is 5.13 Å². The second kappa shape index (κ2) is 6.82. The average molecular weight is 431 g/mol. The summed E-state index contributed by atoms with van der Waals surface area (Å²) < 4.78 is 2.26. The Morgan fingerprint density at radius 2 is 1.80 bits per heavy atom. The number of aromatic nitrogens is 3. The second-order valence-corrected chi connectivity index (χ2v) is 8.49. The third-order valence-corrected chi connectivity index (χ3v) is 6.60. The summed E-state index contributed by atoms with van der Waals surface area (Å²) in [5.41, 5.74) is 3.43. The molecule has 25 heavy (non-hydrogen) atoms. The van der Waals surface area contributed by atoms with Crippen LogP contribution in [0.2, 0.25) is 0 Å². The zero-order chi connectivity index (χ0) is 17.4. The maximum absolute atomic E-state index is 4.74. The monoisotopic (exact) mass is 430 g/mol. The first kappa shape index (κ1) is 16.6. The summed E-state index contributed by atoms with van der Waals surface area (Å²) in [6.07, 6.45) is 1.03. The van der Waals surface area contributed by atoms with Crippen molar-refractivity contribution in [2.24, 2.45) is 0 Å². The molecule has 0 amide bonds. The maximum Gasteiger partial charge on any atom is 0.214 e. The molecule has 4 aromatic rings. The molecule has 0 bridgehead atoms. The molecular formula is C18H15BrN4S2. The highest BCUT2D eigenvalue weighted by Gasteiger charge is 2.15. The predicted molar refractivity (Wildman–Crippen MR) is 110 cm³/mol. The summed E-state index contributed by atoms with van der Waals surface area (Å²) in [6, 6.07) is 14.6. The van der Waals surface area contributed by atoms with Crippen molar-refractivity contribution in [3.8, 4) is 10.6 Å². The van der Waals surface area contributed by atoms with Crippen LogP contribution >= 0.6 is 38.6 Å². The third-order valence-electron chi connectivity index (χ3n) is 3.93. The molecule has 2 heterocycles. The van der Waals surface area contributed by atoms with Gasteiger partial charge in [-0.2, -0.15) is 0 Å². The lowest BCUT2D eigenvalue weighted by molar-refractivity contribution is 1.04. The molecule has 0 spiro atoms. The minimum atomic E-state index is 0.840. The van der Waals surface area contributed by atoms with Crippen LogP contribution in [0.4, 0.5) is 10.3 Å². The van der Waals surface area contributed by atoms with Gasteiger partial charge in [-0.05, 0) is 36.2 Å². The smallest absolute Gasteiger partial charge is 0.214 e. The number of nitrogens with zero attached hydrogens (tertiary/aromatic N) is 4. The SMILES string of the molecule is CCc1ccc2nc(N(C)c3nnc(-c4ccc(Br)cc4)s3)sc2c1. The lowest BCUT2D eigenvalue weighted by Gasteiger charge is -2.09. The Kier molecular flexibility index (Phi) is 4.54. The van der Waals surface area contributed by atoms with Crippen molar-refractivity contribution in [1.82, 2.24) is 15.2 Å². The van der Waals surface area contributed by atoms with Crippen molar-refractivity contribution in [3.63, 3.8) is 0 Å². The Hall–Kier alpha value is -1.83. The van der Waals surface area contributed by atoms with Crippen LogP contribution in [0.5, 0.6) is 0 Å². The van der Waals surface area contributed by atoms with Crippen LogP contribution in [-0.4, -0.2) is 22.2 Å². The van der Waals surface area contributed by atoms with Crippen molar-refractivity contribution >= 4 is 59.1 Å². The van der Waals surface area contributed by atoms with Crippen LogP contribution < -0.4 is 4.90 Å². The van der Waals surface area contributed by atoms with E-state index in [0.29, 0.717) is 0 Å². The van der Waals surface area contributed by atoms with E-state index in [-0.39, 0.29) is 0 Å². The molecule has 126 valence electrons. The normalized spacial score (nSPS) is 11.2. The highest BCUT2D eigenvalue weighted by Crippen LogP contribution is 2.36. The molecule has 0 saturated carbocycles. The van der Waals surface area contributed by atoms with Crippen molar-refractivity contribution in [1.29, 1.82) is 0 Å². The highest BCUT2D eigenvalue weighted by molar-refractivity contribution is 9.10. The van der Waals surface area contributed by atoms with Crippen molar-refractivity contribution < 1.29 is 0 Å². The molecule has 0 unspecified atom stereocenters. The summed E-state index contributed by atoms with van der Waals surface area (Å²) in [5.74, 6) is 0. The molecule has 0 aliphatic rings. The molecule has 0 fully saturated rings. The predicted octanol–water partition coefficient (Wildman–Crippen LogP) is 5.91. The van der Waals surface area contributed by atoms with Crippen LogP contribution in [-0.2, 0) is 6.42 Å². The van der Waals surface area contributed by atoms with Gasteiger partial charge in [-0.25, -0.2) is 4.98 Å². The van der Waals surface area contributed by atoms with E-state index < -0.39 is 0 Å². The number of fused-ring (bicyclic) bond motifs is 1. The van der Waals surface area contributed by atoms with Gasteiger partial charge in [-0.15, -0.1) is 10.2 Å². The van der Waals surface area contributed by atoms with E-state index in [1.165, 1.54) is 10.3 Å². The molecule has 0 atom stereocenters. The van der Waals surface area contributed by atoms with Crippen LogP contribution in [0.25, 0.3) is 20.8 Å². The quantitative estimate of drug-likeness (QED) is 0.403. The van der Waals surface area contributed by atoms with Gasteiger partial charge in [0.1, 0.15) is 5.01 Å². The van der Waals surface area contributed by atoms with Gasteiger partial charge in [0.2, 0.25) is 5.13 Å². The fourth-order valence-corrected chi connectivity index (χ4v) is 4.59. The molecule has 7 heteroatoms. The van der Waals surface area contributed by atoms with Crippen LogP contribution in [0.3, 0.4) is 0 Å². The lowest BCUT2D eigenvalue weighted by atomic mass is 10.2. The fourth-order valence-electron chi connectivity index (χ4n) is 2.46. The zero-order valence-corrected chi connectivity index (χ0v) is 17.0. The summed E-state index contributed by atoms with van der Waals surface area (Å²) in [4.78, 5) is 6.75. The zero-order valence-electron chi connectivity index (χ0n) is 13.7. The molecule has 0 aliphatic carbocycles. The molecular weight excluding hydrogens is 416 g/mol. The van der Waals surface area contributed by atoms with E-state index >= 15 is 0 Å². The Morgan fingerprint density at radius 3 is 2.56 bits per heavy atom. The Labute approximate surface area is 162 Å². The number of hydrogen-bond donors (Lipinski definition) is 0. The number of halogens is 1. The molecule has 0 saturated heterocycles. The van der Waals surface area contributed by atoms with Gasteiger partial charge < -0.3 is 0 Å². The van der Waals surface area contributed by atoms with E-state index in [9.17, 15) is 0 Å². The molecule has 0 radical (unpaired) electrons. The Morgan fingerprint density at radius 1 is 1.00 bits per heavy atom. The average Bonchev–Trinajstić information content (AvgIpc) is 3.28. The summed E-state index contributed by atoms with van der Waals surface area (Å²) >= 11 is 6.71. The number of anilines is 2. The summed E-state index contributed by atoms with van der Waals surface area (Å²) in [7, 11) is 1.99. The first-order chi connectivity index (χ1) is 12.1. The van der Waals surface area contributed by atoms with Crippen molar-refractivity contribution in [2.45, 2.75) is 13.3 Å². The van der Waals surface area contributed by atoms with Gasteiger partial charge in [0, 0.05) is 17.1 Å². The molecule has 4 nitrogen and oxygen atoms in total. The molecule has 2 aromatic carbocycles. The summed E-state index contributed by atoms with van der Waals surface area (Å²) in [5, 5.41) is 11.4. The van der Waals surface area contributed by atoms with E-state index in [2.05, 4.69) is 51.3 Å². The topological polar surface area (TPSA) is 41.9 Å². The largest absolute Gasteiger partial charge is 0.295 e. The first-order valence-corrected chi connectivity index (χ1v) is 10.3. The van der Waals surface area contributed by atoms with E-state index in [1.807, 2.05) is 36.2 Å². The molecule has 0 N–H and O–H groups in total. The third kappa shape index (κ3) is 3.31. The molecule has 0 aliphatic heterocycles. The minimum absolute atomic E-state index is 0.840. The van der Waals surface area contributed by atoms with Crippen LogP contribution in [0.15, 0.2) is 46.9 Å². The second-order valence-electron chi connectivity index (χ2n) is 5.61. The van der Waals surface area contributed by atoms with E-state index in [0.717, 1.165) is 37.2 Å². The number of benzene rings is 2. The van der Waals surface area contributed by atoms with Gasteiger partial charge >= 0.3 is 0 Å². The van der Waals surface area contributed by atoms with Crippen LogP contribution in [0, 0.1) is 0 Å². The van der Waals surface area contributed by atoms with E-state index in [4.69, 9.17) is 4.98 Å². The number of rotatable bonds is 4. The van der Waals surface area contributed by atoms with Gasteiger partial charge in [-0.3, -0.25) is 4.90 Å². The van der Waals surface area contributed by atoms with Gasteiger partial charge in [0.05, 0.1) is 10.2 Å². The standard InChI is InChI=1S/C18H15BrN4S2/c1-3-11-4-9-14-15(10-11)24-17(20-14)23(2)18-22-21-16(25-18)12-5-7-13(19)8-6-12/h4-10H,3H2,1-2H3. The van der Waals surface area contributed by atoms with Gasteiger partial charge in [-0.1, -0.05) is 63.7 Å². The van der Waals surface area contributed by atoms with Crippen LogP contribution in [0.1, 0.15) is 12.5 Å². The Bertz CT molecular complexity index is 1020. The molecule has 4 rings (SSSR count). The Balaban J connectivity index is 1.64. The highest BCUT2D eigenvalue weighted by atomic mass is 79.9. The van der Waals surface area contributed by atoms with Gasteiger partial charge in [0.25, 0.3) is 0 Å². The van der Waals surface area contributed by atoms with Crippen molar-refractivity contribution in [2.75, 3.05) is 11.9 Å². The van der Waals surface area contributed by atoms with E-state index in [1.54, 1.807) is 22.7 Å². The first-order valence-electron chi connectivity index (χ1n) is 7.86. The molecule has 2 aromatic heterocycles.